The second-order valence-electron chi connectivity index (χ2n) is 7.01. The summed E-state index contributed by atoms with van der Waals surface area (Å²) in [6.07, 6.45) is 1.10. The van der Waals surface area contributed by atoms with Gasteiger partial charge in [-0.3, -0.25) is 9.10 Å². The summed E-state index contributed by atoms with van der Waals surface area (Å²) < 4.78 is 25.5. The fourth-order valence-corrected chi connectivity index (χ4v) is 3.46. The van der Waals surface area contributed by atoms with Crippen LogP contribution in [0.5, 0.6) is 0 Å². The smallest absolute Gasteiger partial charge is 0.245 e. The highest BCUT2D eigenvalue weighted by Crippen LogP contribution is 2.22. The number of carbonyl (C=O) groups excluding carboxylic acids is 1. The normalized spacial score (nSPS) is 11.3. The Labute approximate surface area is 161 Å². The van der Waals surface area contributed by atoms with Gasteiger partial charge in [0, 0.05) is 25.5 Å². The zero-order valence-corrected chi connectivity index (χ0v) is 17.2. The van der Waals surface area contributed by atoms with E-state index in [1.165, 1.54) is 0 Å². The van der Waals surface area contributed by atoms with Gasteiger partial charge in [-0.2, -0.15) is 0 Å². The van der Waals surface area contributed by atoms with Crippen molar-refractivity contribution in [3.8, 4) is 0 Å². The van der Waals surface area contributed by atoms with Gasteiger partial charge < -0.3 is 10.2 Å². The molecule has 1 amide bonds. The maximum atomic E-state index is 12.4. The Morgan fingerprint density at radius 2 is 1.48 bits per heavy atom. The maximum absolute atomic E-state index is 12.4. The molecule has 2 rings (SSSR count). The van der Waals surface area contributed by atoms with Crippen molar-refractivity contribution in [2.45, 2.75) is 19.8 Å². The number of amides is 1. The molecular formula is C20H27N3O3S. The number of nitrogens with one attached hydrogen (secondary N) is 1. The van der Waals surface area contributed by atoms with Gasteiger partial charge in [-0.1, -0.05) is 26.0 Å². The molecule has 6 nitrogen and oxygen atoms in total. The van der Waals surface area contributed by atoms with Crippen molar-refractivity contribution in [1.29, 1.82) is 0 Å². The highest BCUT2D eigenvalue weighted by atomic mass is 32.2. The van der Waals surface area contributed by atoms with Crippen molar-refractivity contribution < 1.29 is 13.2 Å². The van der Waals surface area contributed by atoms with Gasteiger partial charge in [-0.05, 0) is 47.9 Å². The van der Waals surface area contributed by atoms with Crippen LogP contribution in [0.15, 0.2) is 48.5 Å². The van der Waals surface area contributed by atoms with E-state index in [0.717, 1.165) is 21.8 Å². The lowest BCUT2D eigenvalue weighted by Gasteiger charge is -2.22. The van der Waals surface area contributed by atoms with Crippen molar-refractivity contribution >= 4 is 33.0 Å². The quantitative estimate of drug-likeness (QED) is 0.789. The lowest BCUT2D eigenvalue weighted by atomic mass is 10.0. The van der Waals surface area contributed by atoms with Crippen LogP contribution in [0.1, 0.15) is 25.3 Å². The molecule has 0 aliphatic carbocycles. The second kappa shape index (κ2) is 8.43. The molecule has 2 aromatic rings. The predicted molar refractivity (Wildman–Crippen MR) is 112 cm³/mol. The van der Waals surface area contributed by atoms with E-state index >= 15 is 0 Å². The number of benzene rings is 2. The molecule has 27 heavy (non-hydrogen) atoms. The first-order valence-electron chi connectivity index (χ1n) is 8.73. The Kier molecular flexibility index (Phi) is 6.49. The van der Waals surface area contributed by atoms with Crippen molar-refractivity contribution in [1.82, 2.24) is 0 Å². The van der Waals surface area contributed by atoms with Gasteiger partial charge in [0.05, 0.1) is 11.9 Å². The van der Waals surface area contributed by atoms with Crippen molar-refractivity contribution in [2.24, 2.45) is 0 Å². The topological polar surface area (TPSA) is 69.7 Å². The van der Waals surface area contributed by atoms with Crippen LogP contribution in [0.2, 0.25) is 0 Å². The summed E-state index contributed by atoms with van der Waals surface area (Å²) in [4.78, 5) is 14.4. The monoisotopic (exact) mass is 389 g/mol. The van der Waals surface area contributed by atoms with Crippen molar-refractivity contribution in [3.63, 3.8) is 0 Å². The van der Waals surface area contributed by atoms with Gasteiger partial charge in [-0.15, -0.1) is 0 Å². The molecule has 0 radical (unpaired) electrons. The average Bonchev–Trinajstić information content (AvgIpc) is 2.59. The minimum Gasteiger partial charge on any atom is -0.378 e. The fourth-order valence-electron chi connectivity index (χ4n) is 2.60. The first kappa shape index (κ1) is 20.8. The van der Waals surface area contributed by atoms with E-state index in [-0.39, 0.29) is 6.54 Å². The largest absolute Gasteiger partial charge is 0.378 e. The van der Waals surface area contributed by atoms with Gasteiger partial charge in [0.2, 0.25) is 15.9 Å². The molecule has 146 valence electrons. The molecule has 0 atom stereocenters. The Hall–Kier alpha value is -2.54. The number of anilines is 3. The minimum absolute atomic E-state index is 0.282. The first-order chi connectivity index (χ1) is 12.6. The van der Waals surface area contributed by atoms with Crippen LogP contribution >= 0.6 is 0 Å². The SMILES string of the molecule is CC(C)c1ccc(N(CC(=O)Nc2ccc(N(C)C)cc2)S(C)(=O)=O)cc1. The second-order valence-corrected chi connectivity index (χ2v) is 8.91. The molecule has 0 aliphatic rings. The molecular weight excluding hydrogens is 362 g/mol. The van der Waals surface area contributed by atoms with E-state index < -0.39 is 15.9 Å². The fraction of sp³-hybridized carbons (Fsp3) is 0.350. The van der Waals surface area contributed by atoms with E-state index in [9.17, 15) is 13.2 Å². The van der Waals surface area contributed by atoms with Crippen molar-refractivity contribution in [3.05, 3.63) is 54.1 Å². The standard InChI is InChI=1S/C20H27N3O3S/c1-15(2)16-6-10-19(11-7-16)23(27(5,25)26)14-20(24)21-17-8-12-18(13-9-17)22(3)4/h6-13,15H,14H2,1-5H3,(H,21,24). The minimum atomic E-state index is -3.59. The summed E-state index contributed by atoms with van der Waals surface area (Å²) in [6, 6.07) is 14.6. The molecule has 0 saturated heterocycles. The Balaban J connectivity index is 2.15. The van der Waals surface area contributed by atoms with Crippen molar-refractivity contribution in [2.75, 3.05) is 41.4 Å². The number of nitrogens with zero attached hydrogens (tertiary/aromatic N) is 2. The van der Waals surface area contributed by atoms with E-state index in [1.54, 1.807) is 24.3 Å². The van der Waals surface area contributed by atoms with E-state index in [0.29, 0.717) is 17.3 Å². The molecule has 1 N–H and O–H groups in total. The van der Waals surface area contributed by atoms with Gasteiger partial charge in [0.25, 0.3) is 0 Å². The summed E-state index contributed by atoms with van der Waals surface area (Å²) in [7, 11) is 0.275. The van der Waals surface area contributed by atoms with Crippen LogP contribution < -0.4 is 14.5 Å². The molecule has 0 unspecified atom stereocenters. The lowest BCUT2D eigenvalue weighted by Crippen LogP contribution is -2.37. The lowest BCUT2D eigenvalue weighted by molar-refractivity contribution is -0.114. The summed E-state index contributed by atoms with van der Waals surface area (Å²) in [5.74, 6) is -0.0508. The Morgan fingerprint density at radius 3 is 1.93 bits per heavy atom. The van der Waals surface area contributed by atoms with Gasteiger partial charge in [-0.25, -0.2) is 8.42 Å². The highest BCUT2D eigenvalue weighted by molar-refractivity contribution is 7.92. The number of rotatable bonds is 7. The molecule has 2 aromatic carbocycles. The van der Waals surface area contributed by atoms with Crippen LogP contribution in [0.25, 0.3) is 0 Å². The van der Waals surface area contributed by atoms with Crippen LogP contribution in [0, 0.1) is 0 Å². The zero-order chi connectivity index (χ0) is 20.2. The number of hydrogen-bond donors (Lipinski definition) is 1. The third-order valence-corrected chi connectivity index (χ3v) is 5.34. The summed E-state index contributed by atoms with van der Waals surface area (Å²) in [6.45, 7) is 3.85. The third kappa shape index (κ3) is 5.72. The van der Waals surface area contributed by atoms with E-state index in [1.807, 2.05) is 43.3 Å². The van der Waals surface area contributed by atoms with Gasteiger partial charge in [0.15, 0.2) is 0 Å². The molecule has 0 saturated carbocycles. The van der Waals surface area contributed by atoms with Crippen LogP contribution in [0.4, 0.5) is 17.1 Å². The number of hydrogen-bond acceptors (Lipinski definition) is 4. The average molecular weight is 390 g/mol. The summed E-state index contributed by atoms with van der Waals surface area (Å²) >= 11 is 0. The number of sulfonamides is 1. The highest BCUT2D eigenvalue weighted by Gasteiger charge is 2.21. The Morgan fingerprint density at radius 1 is 0.963 bits per heavy atom. The molecule has 0 fully saturated rings. The maximum Gasteiger partial charge on any atom is 0.245 e. The third-order valence-electron chi connectivity index (χ3n) is 4.20. The van der Waals surface area contributed by atoms with Gasteiger partial charge >= 0.3 is 0 Å². The summed E-state index contributed by atoms with van der Waals surface area (Å²) in [5.41, 5.74) is 3.21. The molecule has 0 aromatic heterocycles. The molecule has 0 aliphatic heterocycles. The van der Waals surface area contributed by atoms with Crippen LogP contribution in [-0.2, 0) is 14.8 Å². The molecule has 0 heterocycles. The Bertz CT molecular complexity index is 874. The van der Waals surface area contributed by atoms with Crippen LogP contribution in [0.3, 0.4) is 0 Å². The molecule has 7 heteroatoms. The van der Waals surface area contributed by atoms with E-state index in [2.05, 4.69) is 19.2 Å². The summed E-state index contributed by atoms with van der Waals surface area (Å²) in [5, 5.41) is 2.75. The predicted octanol–water partition coefficient (Wildman–Crippen LogP) is 3.28. The first-order valence-corrected chi connectivity index (χ1v) is 10.6. The van der Waals surface area contributed by atoms with Gasteiger partial charge in [0.1, 0.15) is 6.54 Å². The van der Waals surface area contributed by atoms with Crippen LogP contribution in [-0.4, -0.2) is 41.2 Å². The molecule has 0 bridgehead atoms. The zero-order valence-electron chi connectivity index (χ0n) is 16.4. The molecule has 0 spiro atoms. The number of carbonyl (C=O) groups is 1. The van der Waals surface area contributed by atoms with E-state index in [4.69, 9.17) is 0 Å².